The third-order valence-corrected chi connectivity index (χ3v) is 6.20. The highest BCUT2D eigenvalue weighted by atomic mass is 35.5. The van der Waals surface area contributed by atoms with Crippen LogP contribution in [0.2, 0.25) is 10.0 Å². The van der Waals surface area contributed by atoms with E-state index >= 15 is 0 Å². The normalized spacial score (nSPS) is 19.1. The summed E-state index contributed by atoms with van der Waals surface area (Å²) in [7, 11) is 0. The molecule has 1 N–H and O–H groups in total. The standard InChI is InChI=1S/C21H16Cl2N2O5S/c22-13-6-5-12(9-14(13)23)10-18-20(27)25(21(28)31-18)8-7-24-19(26)17-11-29-15-3-1-2-4-16(15)30-17/h1-6,9-10,17H,7-8,11H2,(H,24,26)/b18-10+/t17-/m1/s1. The zero-order valence-corrected chi connectivity index (χ0v) is 18.3. The molecule has 0 bridgehead atoms. The van der Waals surface area contributed by atoms with Gasteiger partial charge in [0.1, 0.15) is 6.61 Å². The number of amides is 3. The van der Waals surface area contributed by atoms with E-state index in [1.807, 2.05) is 6.07 Å². The van der Waals surface area contributed by atoms with Crippen LogP contribution in [0.4, 0.5) is 4.79 Å². The quantitative estimate of drug-likeness (QED) is 0.654. The predicted octanol–water partition coefficient (Wildman–Crippen LogP) is 3.99. The summed E-state index contributed by atoms with van der Waals surface area (Å²) in [6, 6.07) is 12.0. The summed E-state index contributed by atoms with van der Waals surface area (Å²) in [6.07, 6.45) is 0.774. The van der Waals surface area contributed by atoms with Gasteiger partial charge in [-0.2, -0.15) is 0 Å². The number of rotatable bonds is 5. The number of thioether (sulfide) groups is 1. The number of nitrogens with zero attached hydrogens (tertiary/aromatic N) is 1. The number of carbonyl (C=O) groups is 3. The molecule has 2 aliphatic rings. The number of benzene rings is 2. The van der Waals surface area contributed by atoms with Crippen molar-refractivity contribution in [2.75, 3.05) is 19.7 Å². The van der Waals surface area contributed by atoms with Crippen LogP contribution in [0, 0.1) is 0 Å². The Morgan fingerprint density at radius 3 is 2.71 bits per heavy atom. The molecule has 1 fully saturated rings. The molecule has 1 atom stereocenters. The Balaban J connectivity index is 1.32. The molecule has 4 rings (SSSR count). The Hall–Kier alpha value is -2.68. The fourth-order valence-corrected chi connectivity index (χ4v) is 4.17. The summed E-state index contributed by atoms with van der Waals surface area (Å²) < 4.78 is 11.2. The van der Waals surface area contributed by atoms with Crippen LogP contribution in [0.15, 0.2) is 47.4 Å². The maximum absolute atomic E-state index is 12.6. The van der Waals surface area contributed by atoms with Gasteiger partial charge >= 0.3 is 0 Å². The lowest BCUT2D eigenvalue weighted by Gasteiger charge is -2.25. The Morgan fingerprint density at radius 2 is 1.94 bits per heavy atom. The Kier molecular flexibility index (Phi) is 6.41. The minimum absolute atomic E-state index is 0.0410. The van der Waals surface area contributed by atoms with Gasteiger partial charge in [-0.15, -0.1) is 0 Å². The van der Waals surface area contributed by atoms with Gasteiger partial charge in [0, 0.05) is 13.1 Å². The maximum Gasteiger partial charge on any atom is 0.293 e. The molecule has 10 heteroatoms. The van der Waals surface area contributed by atoms with Crippen molar-refractivity contribution >= 4 is 58.1 Å². The molecule has 2 aromatic carbocycles. The van der Waals surface area contributed by atoms with Crippen LogP contribution in [0.1, 0.15) is 5.56 Å². The third-order valence-electron chi connectivity index (χ3n) is 4.55. The van der Waals surface area contributed by atoms with Crippen molar-refractivity contribution < 1.29 is 23.9 Å². The van der Waals surface area contributed by atoms with E-state index in [1.54, 1.807) is 42.5 Å². The van der Waals surface area contributed by atoms with Gasteiger partial charge in [-0.05, 0) is 47.7 Å². The molecule has 0 aromatic heterocycles. The van der Waals surface area contributed by atoms with Gasteiger partial charge in [0.05, 0.1) is 15.0 Å². The summed E-state index contributed by atoms with van der Waals surface area (Å²) in [4.78, 5) is 38.6. The topological polar surface area (TPSA) is 84.9 Å². The van der Waals surface area contributed by atoms with Crippen molar-refractivity contribution in [3.05, 3.63) is 63.0 Å². The van der Waals surface area contributed by atoms with E-state index in [4.69, 9.17) is 32.7 Å². The Morgan fingerprint density at radius 1 is 1.16 bits per heavy atom. The van der Waals surface area contributed by atoms with Crippen molar-refractivity contribution in [1.29, 1.82) is 0 Å². The first-order valence-corrected chi connectivity index (χ1v) is 10.9. The summed E-state index contributed by atoms with van der Waals surface area (Å²) in [5.74, 6) is 0.264. The molecule has 0 unspecified atom stereocenters. The second-order valence-corrected chi connectivity index (χ2v) is 8.47. The second-order valence-electron chi connectivity index (χ2n) is 6.66. The number of hydrogen-bond donors (Lipinski definition) is 1. The first-order chi connectivity index (χ1) is 14.9. The average Bonchev–Trinajstić information content (AvgIpc) is 3.03. The van der Waals surface area contributed by atoms with E-state index in [9.17, 15) is 14.4 Å². The smallest absolute Gasteiger partial charge is 0.293 e. The highest BCUT2D eigenvalue weighted by Crippen LogP contribution is 2.33. The monoisotopic (exact) mass is 478 g/mol. The fraction of sp³-hybridized carbons (Fsp3) is 0.190. The zero-order valence-electron chi connectivity index (χ0n) is 16.0. The van der Waals surface area contributed by atoms with Gasteiger partial charge < -0.3 is 14.8 Å². The van der Waals surface area contributed by atoms with E-state index in [1.165, 1.54) is 0 Å². The molecule has 3 amide bonds. The second kappa shape index (κ2) is 9.21. The first-order valence-electron chi connectivity index (χ1n) is 9.29. The molecule has 2 aromatic rings. The van der Waals surface area contributed by atoms with Crippen LogP contribution in [-0.4, -0.2) is 47.8 Å². The summed E-state index contributed by atoms with van der Waals surface area (Å²) in [5, 5.41) is 3.03. The number of hydrogen-bond acceptors (Lipinski definition) is 6. The van der Waals surface area contributed by atoms with Crippen molar-refractivity contribution in [1.82, 2.24) is 10.2 Å². The highest BCUT2D eigenvalue weighted by molar-refractivity contribution is 8.18. The van der Waals surface area contributed by atoms with E-state index in [0.717, 1.165) is 16.7 Å². The van der Waals surface area contributed by atoms with E-state index < -0.39 is 17.3 Å². The number of para-hydroxylation sites is 2. The first kappa shape index (κ1) is 21.5. The van der Waals surface area contributed by atoms with Gasteiger partial charge in [0.25, 0.3) is 17.1 Å². The number of fused-ring (bicyclic) bond motifs is 1. The van der Waals surface area contributed by atoms with E-state index in [2.05, 4.69) is 5.32 Å². The summed E-state index contributed by atoms with van der Waals surface area (Å²) >= 11 is 12.7. The van der Waals surface area contributed by atoms with Crippen molar-refractivity contribution in [3.63, 3.8) is 0 Å². The molecule has 2 heterocycles. The minimum Gasteiger partial charge on any atom is -0.485 e. The largest absolute Gasteiger partial charge is 0.485 e. The predicted molar refractivity (Wildman–Crippen MR) is 119 cm³/mol. The lowest BCUT2D eigenvalue weighted by atomic mass is 10.2. The van der Waals surface area contributed by atoms with Crippen molar-refractivity contribution in [3.8, 4) is 11.5 Å². The van der Waals surface area contributed by atoms with Crippen LogP contribution in [0.5, 0.6) is 11.5 Å². The maximum atomic E-state index is 12.6. The van der Waals surface area contributed by atoms with E-state index in [0.29, 0.717) is 27.1 Å². The highest BCUT2D eigenvalue weighted by Gasteiger charge is 2.35. The fourth-order valence-electron chi connectivity index (χ4n) is 3.00. The number of ether oxygens (including phenoxy) is 2. The molecule has 31 heavy (non-hydrogen) atoms. The molecular weight excluding hydrogens is 463 g/mol. The van der Waals surface area contributed by atoms with Crippen LogP contribution < -0.4 is 14.8 Å². The van der Waals surface area contributed by atoms with Gasteiger partial charge in [0.15, 0.2) is 11.5 Å². The van der Waals surface area contributed by atoms with Crippen LogP contribution in [0.25, 0.3) is 6.08 Å². The summed E-state index contributed by atoms with van der Waals surface area (Å²) in [5.41, 5.74) is 0.655. The third kappa shape index (κ3) is 4.81. The average molecular weight is 479 g/mol. The molecular formula is C21H16Cl2N2O5S. The van der Waals surface area contributed by atoms with E-state index in [-0.39, 0.29) is 30.5 Å². The Bertz CT molecular complexity index is 1090. The van der Waals surface area contributed by atoms with Crippen molar-refractivity contribution in [2.45, 2.75) is 6.10 Å². The number of halogens is 2. The summed E-state index contributed by atoms with van der Waals surface area (Å²) in [6.45, 7) is 0.217. The molecule has 0 spiro atoms. The minimum atomic E-state index is -0.806. The number of carbonyl (C=O) groups excluding carboxylic acids is 3. The molecule has 2 aliphatic heterocycles. The SMILES string of the molecule is O=C(NCCN1C(=O)S/C(=C/c2ccc(Cl)c(Cl)c2)C1=O)[C@H]1COc2ccccc2O1. The lowest BCUT2D eigenvalue weighted by Crippen LogP contribution is -2.46. The van der Waals surface area contributed by atoms with Crippen LogP contribution in [0.3, 0.4) is 0 Å². The van der Waals surface area contributed by atoms with Crippen LogP contribution in [-0.2, 0) is 9.59 Å². The molecule has 0 aliphatic carbocycles. The molecule has 0 radical (unpaired) electrons. The van der Waals surface area contributed by atoms with Gasteiger partial charge in [0.2, 0.25) is 6.10 Å². The number of imide groups is 1. The van der Waals surface area contributed by atoms with Gasteiger partial charge in [-0.3, -0.25) is 19.3 Å². The Labute approximate surface area is 192 Å². The molecule has 1 saturated heterocycles. The molecule has 0 saturated carbocycles. The molecule has 7 nitrogen and oxygen atoms in total. The zero-order chi connectivity index (χ0) is 22.0. The lowest BCUT2D eigenvalue weighted by molar-refractivity contribution is -0.131. The van der Waals surface area contributed by atoms with Gasteiger partial charge in [-0.25, -0.2) is 0 Å². The van der Waals surface area contributed by atoms with Crippen LogP contribution >= 0.6 is 35.0 Å². The number of nitrogens with one attached hydrogen (secondary N) is 1. The van der Waals surface area contributed by atoms with Gasteiger partial charge in [-0.1, -0.05) is 41.4 Å². The van der Waals surface area contributed by atoms with Crippen molar-refractivity contribution in [2.24, 2.45) is 0 Å². The molecule has 160 valence electrons.